The first-order valence-corrected chi connectivity index (χ1v) is 7.20. The molecule has 1 aliphatic heterocycles. The van der Waals surface area contributed by atoms with E-state index in [1.54, 1.807) is 24.3 Å². The van der Waals surface area contributed by atoms with Crippen LogP contribution in [0.1, 0.15) is 23.7 Å². The monoisotopic (exact) mass is 339 g/mol. The largest absolute Gasteiger partial charge is 0.404 e. The van der Waals surface area contributed by atoms with Gasteiger partial charge in [-0.15, -0.1) is 0 Å². The molecule has 3 rings (SSSR count). The molecule has 2 unspecified atom stereocenters. The number of halogens is 6. The molecule has 1 aliphatic carbocycles. The molecule has 1 aromatic rings. The van der Waals surface area contributed by atoms with Crippen molar-refractivity contribution < 1.29 is 31.4 Å². The summed E-state index contributed by atoms with van der Waals surface area (Å²) < 4.78 is 78.7. The molecule has 2 atom stereocenters. The van der Waals surface area contributed by atoms with Gasteiger partial charge in [-0.3, -0.25) is 4.90 Å². The van der Waals surface area contributed by atoms with E-state index in [9.17, 15) is 31.4 Å². The van der Waals surface area contributed by atoms with Crippen LogP contribution in [0.3, 0.4) is 0 Å². The zero-order valence-corrected chi connectivity index (χ0v) is 12.0. The Morgan fingerprint density at radius 1 is 1.04 bits per heavy atom. The number of likely N-dealkylation sites (tertiary alicyclic amines) is 1. The lowest BCUT2D eigenvalue weighted by atomic mass is 9.85. The second kappa shape index (κ2) is 5.11. The molecule has 0 bridgehead atoms. The average molecular weight is 339 g/mol. The Kier molecular flexibility index (Phi) is 3.68. The normalized spacial score (nSPS) is 28.1. The van der Waals surface area contributed by atoms with E-state index in [1.807, 2.05) is 0 Å². The quantitative estimate of drug-likeness (QED) is 0.792. The van der Waals surface area contributed by atoms with Crippen molar-refractivity contribution in [2.24, 2.45) is 5.41 Å². The maximum absolute atomic E-state index is 13.1. The molecule has 1 fully saturated rings. The predicted octanol–water partition coefficient (Wildman–Crippen LogP) is 3.46. The SMILES string of the molecule is OC1c2ccccc2CC1N1CCC(C(F)(F)F)(C(F)(F)F)C1. The minimum Gasteiger partial charge on any atom is -0.387 e. The van der Waals surface area contributed by atoms with Crippen LogP contribution in [0.5, 0.6) is 0 Å². The van der Waals surface area contributed by atoms with E-state index < -0.39 is 42.9 Å². The van der Waals surface area contributed by atoms with Crippen molar-refractivity contribution in [2.75, 3.05) is 13.1 Å². The Balaban J connectivity index is 1.86. The molecule has 1 saturated heterocycles. The predicted molar refractivity (Wildman–Crippen MR) is 69.6 cm³/mol. The highest BCUT2D eigenvalue weighted by atomic mass is 19.4. The maximum Gasteiger partial charge on any atom is 0.404 e. The number of hydrogen-bond donors (Lipinski definition) is 1. The molecule has 1 N–H and O–H groups in total. The van der Waals surface area contributed by atoms with Gasteiger partial charge in [0.2, 0.25) is 0 Å². The number of nitrogens with zero attached hydrogens (tertiary/aromatic N) is 1. The van der Waals surface area contributed by atoms with Crippen molar-refractivity contribution in [2.45, 2.75) is 37.3 Å². The van der Waals surface area contributed by atoms with Gasteiger partial charge in [0.15, 0.2) is 5.41 Å². The van der Waals surface area contributed by atoms with Gasteiger partial charge >= 0.3 is 12.4 Å². The Morgan fingerprint density at radius 2 is 1.65 bits per heavy atom. The first-order valence-electron chi connectivity index (χ1n) is 7.20. The first-order chi connectivity index (χ1) is 10.6. The molecule has 128 valence electrons. The second-order valence-electron chi connectivity index (χ2n) is 6.21. The highest BCUT2D eigenvalue weighted by Crippen LogP contribution is 2.56. The minimum atomic E-state index is -5.36. The van der Waals surface area contributed by atoms with Crippen LogP contribution in [0.4, 0.5) is 26.3 Å². The van der Waals surface area contributed by atoms with Crippen LogP contribution in [0.15, 0.2) is 24.3 Å². The number of fused-ring (bicyclic) bond motifs is 1. The molecule has 23 heavy (non-hydrogen) atoms. The Morgan fingerprint density at radius 3 is 2.17 bits per heavy atom. The summed E-state index contributed by atoms with van der Waals surface area (Å²) in [5, 5.41) is 10.3. The lowest BCUT2D eigenvalue weighted by molar-refractivity contribution is -0.335. The molecule has 0 amide bonds. The fourth-order valence-electron chi connectivity index (χ4n) is 3.63. The molecule has 2 aliphatic rings. The van der Waals surface area contributed by atoms with Gasteiger partial charge in [-0.1, -0.05) is 24.3 Å². The van der Waals surface area contributed by atoms with Crippen LogP contribution in [0.25, 0.3) is 0 Å². The van der Waals surface area contributed by atoms with Gasteiger partial charge in [0, 0.05) is 12.6 Å². The number of hydrogen-bond acceptors (Lipinski definition) is 2. The minimum absolute atomic E-state index is 0.253. The zero-order valence-electron chi connectivity index (χ0n) is 12.0. The maximum atomic E-state index is 13.1. The first kappa shape index (κ1) is 16.6. The number of alkyl halides is 6. The zero-order chi connectivity index (χ0) is 17.0. The molecule has 1 aromatic carbocycles. The molecule has 0 saturated carbocycles. The molecular formula is C15H15F6NO. The summed E-state index contributed by atoms with van der Waals surface area (Å²) in [5.74, 6) is 0. The number of benzene rings is 1. The van der Waals surface area contributed by atoms with Crippen LogP contribution in [0, 0.1) is 5.41 Å². The second-order valence-corrected chi connectivity index (χ2v) is 6.21. The summed E-state index contributed by atoms with van der Waals surface area (Å²) in [4.78, 5) is 1.13. The van der Waals surface area contributed by atoms with Crippen molar-refractivity contribution in [3.63, 3.8) is 0 Å². The lowest BCUT2D eigenvalue weighted by Gasteiger charge is -2.35. The summed E-state index contributed by atoms with van der Waals surface area (Å²) in [6.07, 6.45) is -12.6. The molecule has 0 aromatic heterocycles. The van der Waals surface area contributed by atoms with E-state index in [0.29, 0.717) is 5.56 Å². The van der Waals surface area contributed by atoms with E-state index in [4.69, 9.17) is 0 Å². The highest BCUT2D eigenvalue weighted by molar-refractivity contribution is 5.36. The molecule has 8 heteroatoms. The van der Waals surface area contributed by atoms with Crippen LogP contribution >= 0.6 is 0 Å². The summed E-state index contributed by atoms with van der Waals surface area (Å²) in [7, 11) is 0. The smallest absolute Gasteiger partial charge is 0.387 e. The summed E-state index contributed by atoms with van der Waals surface area (Å²) in [6.45, 7) is -1.50. The van der Waals surface area contributed by atoms with E-state index in [2.05, 4.69) is 0 Å². The van der Waals surface area contributed by atoms with Crippen molar-refractivity contribution in [1.29, 1.82) is 0 Å². The van der Waals surface area contributed by atoms with E-state index in [-0.39, 0.29) is 13.0 Å². The summed E-state index contributed by atoms with van der Waals surface area (Å²) >= 11 is 0. The Labute approximate surface area is 128 Å². The van der Waals surface area contributed by atoms with E-state index in [1.165, 1.54) is 0 Å². The van der Waals surface area contributed by atoms with Crippen molar-refractivity contribution in [3.05, 3.63) is 35.4 Å². The molecule has 2 nitrogen and oxygen atoms in total. The molecule has 0 radical (unpaired) electrons. The van der Waals surface area contributed by atoms with Gasteiger partial charge in [0.25, 0.3) is 0 Å². The van der Waals surface area contributed by atoms with Crippen molar-refractivity contribution in [3.8, 4) is 0 Å². The van der Waals surface area contributed by atoms with Gasteiger partial charge < -0.3 is 5.11 Å². The standard InChI is InChI=1S/C15H15F6NO/c16-14(17,18)13(15(19,20)21)5-6-22(8-13)11-7-9-3-1-2-4-10(9)12(11)23/h1-4,11-12,23H,5-8H2. The van der Waals surface area contributed by atoms with E-state index >= 15 is 0 Å². The highest BCUT2D eigenvalue weighted by Gasteiger charge is 2.72. The number of rotatable bonds is 1. The Bertz CT molecular complexity index is 582. The third-order valence-corrected chi connectivity index (χ3v) is 5.02. The topological polar surface area (TPSA) is 23.5 Å². The molecule has 1 heterocycles. The fraction of sp³-hybridized carbons (Fsp3) is 0.600. The average Bonchev–Trinajstić information content (AvgIpc) is 3.01. The summed E-state index contributed by atoms with van der Waals surface area (Å²) in [5.41, 5.74) is -2.37. The van der Waals surface area contributed by atoms with Gasteiger partial charge in [-0.05, 0) is 30.5 Å². The van der Waals surface area contributed by atoms with E-state index in [0.717, 1.165) is 10.5 Å². The van der Waals surface area contributed by atoms with Gasteiger partial charge in [0.05, 0.1) is 6.10 Å². The molecule has 0 spiro atoms. The van der Waals surface area contributed by atoms with Crippen LogP contribution < -0.4 is 0 Å². The van der Waals surface area contributed by atoms with Gasteiger partial charge in [-0.25, -0.2) is 0 Å². The van der Waals surface area contributed by atoms with Crippen LogP contribution in [0.2, 0.25) is 0 Å². The number of aliphatic hydroxyl groups excluding tert-OH is 1. The van der Waals surface area contributed by atoms with Crippen LogP contribution in [-0.2, 0) is 6.42 Å². The lowest BCUT2D eigenvalue weighted by Crippen LogP contribution is -2.52. The molecular weight excluding hydrogens is 324 g/mol. The third-order valence-electron chi connectivity index (χ3n) is 5.02. The number of aliphatic hydroxyl groups is 1. The van der Waals surface area contributed by atoms with Crippen LogP contribution in [-0.4, -0.2) is 41.5 Å². The van der Waals surface area contributed by atoms with Gasteiger partial charge in [-0.2, -0.15) is 26.3 Å². The third kappa shape index (κ3) is 2.42. The van der Waals surface area contributed by atoms with Gasteiger partial charge in [0.1, 0.15) is 0 Å². The summed E-state index contributed by atoms with van der Waals surface area (Å²) in [6, 6.07) is 6.04. The van der Waals surface area contributed by atoms with Crippen molar-refractivity contribution >= 4 is 0 Å². The van der Waals surface area contributed by atoms with Crippen molar-refractivity contribution in [1.82, 2.24) is 4.90 Å². The Hall–Kier alpha value is -1.28. The fourth-order valence-corrected chi connectivity index (χ4v) is 3.63.